The molecule has 0 aliphatic heterocycles. The Morgan fingerprint density at radius 3 is 2.12 bits per heavy atom. The average molecular weight is 335 g/mol. The minimum Gasteiger partial charge on any atom is -0.491 e. The van der Waals surface area contributed by atoms with Gasteiger partial charge in [-0.15, -0.1) is 0 Å². The Balaban J connectivity index is 1.52. The summed E-state index contributed by atoms with van der Waals surface area (Å²) >= 11 is 0. The quantitative estimate of drug-likeness (QED) is 0.708. The van der Waals surface area contributed by atoms with Crippen LogP contribution >= 0.6 is 0 Å². The molecule has 0 spiro atoms. The minimum absolute atomic E-state index is 0.394. The van der Waals surface area contributed by atoms with Gasteiger partial charge in [0.25, 0.3) is 5.88 Å². The van der Waals surface area contributed by atoms with Crippen LogP contribution in [0.15, 0.2) is 43.1 Å². The summed E-state index contributed by atoms with van der Waals surface area (Å²) in [6.07, 6.45) is 9.97. The summed E-state index contributed by atoms with van der Waals surface area (Å²) in [6.45, 7) is 0. The van der Waals surface area contributed by atoms with Gasteiger partial charge >= 0.3 is 0 Å². The summed E-state index contributed by atoms with van der Waals surface area (Å²) in [6, 6.07) is 3.76. The predicted octanol–water partition coefficient (Wildman–Crippen LogP) is 2.62. The Bertz CT molecular complexity index is 870. The first-order valence-corrected chi connectivity index (χ1v) is 7.97. The second-order valence-electron chi connectivity index (χ2n) is 5.84. The zero-order valence-electron chi connectivity index (χ0n) is 14.0. The molecule has 0 radical (unpaired) electrons. The maximum atomic E-state index is 5.33. The molecule has 25 heavy (non-hydrogen) atoms. The Morgan fingerprint density at radius 1 is 0.800 bits per heavy atom. The summed E-state index contributed by atoms with van der Waals surface area (Å²) in [7, 11) is 3.20. The van der Waals surface area contributed by atoms with Crippen LogP contribution in [0.4, 0.5) is 0 Å². The van der Waals surface area contributed by atoms with Gasteiger partial charge in [-0.3, -0.25) is 0 Å². The molecule has 4 rings (SSSR count). The number of hydrogen-bond acceptors (Lipinski definition) is 7. The molecule has 0 N–H and O–H groups in total. The van der Waals surface area contributed by atoms with E-state index in [1.54, 1.807) is 32.7 Å². The van der Waals surface area contributed by atoms with Crippen molar-refractivity contribution in [2.75, 3.05) is 14.2 Å². The lowest BCUT2D eigenvalue weighted by Gasteiger charge is -2.08. The van der Waals surface area contributed by atoms with Gasteiger partial charge in [0.05, 0.1) is 14.2 Å². The summed E-state index contributed by atoms with van der Waals surface area (Å²) in [5, 5.41) is 0. The third-order valence-corrected chi connectivity index (χ3v) is 4.34. The molecule has 1 saturated carbocycles. The Hall–Kier alpha value is -3.09. The molecule has 0 saturated heterocycles. The number of ether oxygens (including phenoxy) is 2. The zero-order chi connectivity index (χ0) is 17.2. The van der Waals surface area contributed by atoms with Crippen molar-refractivity contribution >= 4 is 0 Å². The molecule has 3 aromatic rings. The van der Waals surface area contributed by atoms with Gasteiger partial charge in [-0.2, -0.15) is 0 Å². The van der Waals surface area contributed by atoms with Crippen molar-refractivity contribution in [3.8, 4) is 23.3 Å². The minimum atomic E-state index is 0.394. The Morgan fingerprint density at radius 2 is 1.44 bits per heavy atom. The lowest BCUT2D eigenvalue weighted by Crippen LogP contribution is -1.97. The van der Waals surface area contributed by atoms with Crippen molar-refractivity contribution in [1.82, 2.24) is 24.9 Å². The molecule has 7 nitrogen and oxygen atoms in total. The lowest BCUT2D eigenvalue weighted by atomic mass is 10.1. The highest BCUT2D eigenvalue weighted by molar-refractivity contribution is 5.44. The van der Waals surface area contributed by atoms with E-state index in [4.69, 9.17) is 9.47 Å². The van der Waals surface area contributed by atoms with Crippen LogP contribution in [0.3, 0.4) is 0 Å². The molecular weight excluding hydrogens is 318 g/mol. The molecule has 0 amide bonds. The smallest absolute Gasteiger partial charge is 0.256 e. The van der Waals surface area contributed by atoms with Crippen LogP contribution in [0, 0.1) is 0 Å². The molecule has 0 aromatic carbocycles. The molecule has 3 heterocycles. The fourth-order valence-corrected chi connectivity index (χ4v) is 2.94. The molecule has 3 aromatic heterocycles. The van der Waals surface area contributed by atoms with E-state index in [0.29, 0.717) is 35.1 Å². The number of aromatic nitrogens is 5. The van der Waals surface area contributed by atoms with Crippen LogP contribution in [0.1, 0.15) is 29.4 Å². The van der Waals surface area contributed by atoms with Crippen LogP contribution in [0.5, 0.6) is 11.6 Å². The van der Waals surface area contributed by atoms with Crippen molar-refractivity contribution in [1.29, 1.82) is 0 Å². The SMILES string of the molecule is COc1cc([C@@H]2C[C@H]2c2cnc(-c3ncccn3)nc2)cnc1OC. The standard InChI is InChI=1S/C18H17N5O2/c1-24-15-6-11(8-23-18(15)25-2)13-7-14(13)12-9-21-17(22-10-12)16-19-4-3-5-20-16/h3-6,8-10,13-14H,7H2,1-2H3/t13-,14-/m0/s1. The van der Waals surface area contributed by atoms with Gasteiger partial charge in [-0.25, -0.2) is 24.9 Å². The lowest BCUT2D eigenvalue weighted by molar-refractivity contribution is 0.342. The van der Waals surface area contributed by atoms with Crippen LogP contribution in [0.25, 0.3) is 11.6 Å². The second kappa shape index (κ2) is 6.43. The number of hydrogen-bond donors (Lipinski definition) is 0. The molecule has 126 valence electrons. The molecule has 7 heteroatoms. The molecule has 2 atom stereocenters. The highest BCUT2D eigenvalue weighted by atomic mass is 16.5. The van der Waals surface area contributed by atoms with Gasteiger partial charge in [0.15, 0.2) is 17.4 Å². The van der Waals surface area contributed by atoms with Gasteiger partial charge in [-0.1, -0.05) is 0 Å². The number of pyridine rings is 1. The third kappa shape index (κ3) is 3.00. The highest BCUT2D eigenvalue weighted by Gasteiger charge is 2.40. The number of methoxy groups -OCH3 is 2. The number of nitrogens with zero attached hydrogens (tertiary/aromatic N) is 5. The maximum absolute atomic E-state index is 5.33. The zero-order valence-corrected chi connectivity index (χ0v) is 14.0. The van der Waals surface area contributed by atoms with Gasteiger partial charge in [0.2, 0.25) is 0 Å². The van der Waals surface area contributed by atoms with E-state index in [1.165, 1.54) is 0 Å². The molecule has 0 unspecified atom stereocenters. The first-order valence-electron chi connectivity index (χ1n) is 7.97. The molecule has 1 fully saturated rings. The Kier molecular flexibility index (Phi) is 3.97. The average Bonchev–Trinajstić information content (AvgIpc) is 3.49. The van der Waals surface area contributed by atoms with Crippen molar-refractivity contribution in [2.45, 2.75) is 18.3 Å². The van der Waals surface area contributed by atoms with Crippen molar-refractivity contribution in [2.24, 2.45) is 0 Å². The molecular formula is C18H17N5O2. The van der Waals surface area contributed by atoms with Crippen LogP contribution in [0.2, 0.25) is 0 Å². The second-order valence-corrected chi connectivity index (χ2v) is 5.84. The largest absolute Gasteiger partial charge is 0.491 e. The van der Waals surface area contributed by atoms with E-state index in [2.05, 4.69) is 24.9 Å². The summed E-state index contributed by atoms with van der Waals surface area (Å²) in [5.41, 5.74) is 2.25. The van der Waals surface area contributed by atoms with Crippen LogP contribution in [-0.2, 0) is 0 Å². The maximum Gasteiger partial charge on any atom is 0.256 e. The first-order chi connectivity index (χ1) is 12.3. The topological polar surface area (TPSA) is 82.9 Å². The van der Waals surface area contributed by atoms with Gasteiger partial charge in [0, 0.05) is 31.0 Å². The van der Waals surface area contributed by atoms with Gasteiger partial charge in [0.1, 0.15) is 0 Å². The van der Waals surface area contributed by atoms with Gasteiger partial charge in [-0.05, 0) is 41.5 Å². The van der Waals surface area contributed by atoms with E-state index in [1.807, 2.05) is 24.7 Å². The predicted molar refractivity (Wildman–Crippen MR) is 90.5 cm³/mol. The van der Waals surface area contributed by atoms with Crippen molar-refractivity contribution in [3.05, 3.63) is 54.2 Å². The third-order valence-electron chi connectivity index (χ3n) is 4.34. The van der Waals surface area contributed by atoms with Gasteiger partial charge < -0.3 is 9.47 Å². The van der Waals surface area contributed by atoms with Crippen LogP contribution < -0.4 is 9.47 Å². The normalized spacial score (nSPS) is 18.6. The van der Waals surface area contributed by atoms with Crippen molar-refractivity contribution < 1.29 is 9.47 Å². The van der Waals surface area contributed by atoms with E-state index in [9.17, 15) is 0 Å². The molecule has 1 aliphatic rings. The number of rotatable bonds is 5. The fraction of sp³-hybridized carbons (Fsp3) is 0.278. The Labute approximate surface area is 145 Å². The van der Waals surface area contributed by atoms with Crippen molar-refractivity contribution in [3.63, 3.8) is 0 Å². The first kappa shape index (κ1) is 15.4. The van der Waals surface area contributed by atoms with E-state index in [-0.39, 0.29) is 0 Å². The van der Waals surface area contributed by atoms with E-state index < -0.39 is 0 Å². The molecule has 0 bridgehead atoms. The monoisotopic (exact) mass is 335 g/mol. The highest BCUT2D eigenvalue weighted by Crippen LogP contribution is 2.55. The van der Waals surface area contributed by atoms with E-state index >= 15 is 0 Å². The summed E-state index contributed by atoms with van der Waals surface area (Å²) < 4.78 is 10.5. The summed E-state index contributed by atoms with van der Waals surface area (Å²) in [5.74, 6) is 3.01. The molecule has 1 aliphatic carbocycles. The fourth-order valence-electron chi connectivity index (χ4n) is 2.94. The summed E-state index contributed by atoms with van der Waals surface area (Å²) in [4.78, 5) is 21.5. The van der Waals surface area contributed by atoms with Crippen LogP contribution in [-0.4, -0.2) is 39.1 Å². The van der Waals surface area contributed by atoms with E-state index in [0.717, 1.165) is 17.5 Å².